The number of nitrogens with zero attached hydrogens (tertiary/aromatic N) is 4. The van der Waals surface area contributed by atoms with Crippen LogP contribution in [-0.2, 0) is 5.54 Å². The number of aromatic nitrogens is 4. The molecule has 0 bridgehead atoms. The van der Waals surface area contributed by atoms with Gasteiger partial charge in [0.1, 0.15) is 0 Å². The van der Waals surface area contributed by atoms with E-state index in [1.165, 1.54) is 0 Å². The van der Waals surface area contributed by atoms with Crippen molar-refractivity contribution in [2.24, 2.45) is 5.73 Å². The van der Waals surface area contributed by atoms with E-state index in [-0.39, 0.29) is 6.10 Å². The molecule has 0 atom stereocenters. The van der Waals surface area contributed by atoms with E-state index in [1.807, 2.05) is 30.5 Å². The molecule has 6 nitrogen and oxygen atoms in total. The molecular weight excluding hydrogens is 386 g/mol. The lowest BCUT2D eigenvalue weighted by Gasteiger charge is -2.42. The molecule has 1 aliphatic rings. The maximum Gasteiger partial charge on any atom is 0.165 e. The van der Waals surface area contributed by atoms with Gasteiger partial charge in [0.2, 0.25) is 0 Å². The maximum absolute atomic E-state index is 9.71. The molecule has 0 unspecified atom stereocenters. The second-order valence-corrected chi connectivity index (χ2v) is 8.32. The van der Waals surface area contributed by atoms with Crippen molar-refractivity contribution in [1.29, 1.82) is 0 Å². The van der Waals surface area contributed by atoms with Gasteiger partial charge in [-0.2, -0.15) is 9.61 Å². The first-order chi connectivity index (χ1) is 15.1. The Hall–Kier alpha value is -3.61. The molecule has 3 aromatic heterocycles. The summed E-state index contributed by atoms with van der Waals surface area (Å²) in [7, 11) is 0. The number of nitrogens with two attached hydrogens (primary N) is 1. The van der Waals surface area contributed by atoms with Crippen LogP contribution in [0, 0.1) is 0 Å². The number of fused-ring (bicyclic) bond motifs is 3. The van der Waals surface area contributed by atoms with E-state index in [9.17, 15) is 5.11 Å². The summed E-state index contributed by atoms with van der Waals surface area (Å²) >= 11 is 0. The Kier molecular flexibility index (Phi) is 3.93. The molecule has 5 aromatic rings. The average Bonchev–Trinajstić information content (AvgIpc) is 3.27. The van der Waals surface area contributed by atoms with Crippen LogP contribution in [0.15, 0.2) is 79.1 Å². The third kappa shape index (κ3) is 2.91. The van der Waals surface area contributed by atoms with Crippen molar-refractivity contribution < 1.29 is 5.11 Å². The van der Waals surface area contributed by atoms with Crippen LogP contribution < -0.4 is 5.73 Å². The zero-order valence-corrected chi connectivity index (χ0v) is 16.8. The third-order valence-electron chi connectivity index (χ3n) is 6.21. The van der Waals surface area contributed by atoms with Gasteiger partial charge in [-0.3, -0.25) is 0 Å². The highest BCUT2D eigenvalue weighted by Crippen LogP contribution is 2.40. The fraction of sp³-hybridized carbons (Fsp3) is 0.160. The van der Waals surface area contributed by atoms with Crippen LogP contribution in [0.2, 0.25) is 0 Å². The minimum Gasteiger partial charge on any atom is -0.393 e. The van der Waals surface area contributed by atoms with E-state index in [4.69, 9.17) is 10.7 Å². The molecule has 1 aliphatic carbocycles. The van der Waals surface area contributed by atoms with E-state index < -0.39 is 5.54 Å². The summed E-state index contributed by atoms with van der Waals surface area (Å²) in [5.74, 6) is 0. The lowest BCUT2D eigenvalue weighted by atomic mass is 9.70. The smallest absolute Gasteiger partial charge is 0.165 e. The Balaban J connectivity index is 1.55. The van der Waals surface area contributed by atoms with Crippen molar-refractivity contribution in [2.45, 2.75) is 24.5 Å². The Morgan fingerprint density at radius 3 is 2.48 bits per heavy atom. The van der Waals surface area contributed by atoms with Crippen molar-refractivity contribution in [3.63, 3.8) is 0 Å². The van der Waals surface area contributed by atoms with Gasteiger partial charge in [0.25, 0.3) is 0 Å². The lowest BCUT2D eigenvalue weighted by Crippen LogP contribution is -2.51. The molecule has 3 N–H and O–H groups in total. The van der Waals surface area contributed by atoms with Crippen molar-refractivity contribution in [2.75, 3.05) is 0 Å². The number of aliphatic hydroxyl groups is 1. The Labute approximate surface area is 179 Å². The molecule has 6 heteroatoms. The van der Waals surface area contributed by atoms with E-state index in [1.54, 1.807) is 10.7 Å². The topological polar surface area (TPSA) is 89.3 Å². The highest BCUT2D eigenvalue weighted by atomic mass is 16.3. The molecule has 0 aliphatic heterocycles. The Morgan fingerprint density at radius 1 is 0.968 bits per heavy atom. The van der Waals surface area contributed by atoms with Gasteiger partial charge in [-0.05, 0) is 30.0 Å². The normalized spacial score (nSPS) is 20.8. The van der Waals surface area contributed by atoms with Crippen LogP contribution in [0.25, 0.3) is 39.1 Å². The van der Waals surface area contributed by atoms with Gasteiger partial charge < -0.3 is 10.8 Å². The van der Waals surface area contributed by atoms with Gasteiger partial charge in [-0.1, -0.05) is 54.6 Å². The largest absolute Gasteiger partial charge is 0.393 e. The summed E-state index contributed by atoms with van der Waals surface area (Å²) in [4.78, 5) is 9.54. The zero-order valence-electron chi connectivity index (χ0n) is 16.8. The van der Waals surface area contributed by atoms with Crippen LogP contribution in [-0.4, -0.2) is 30.8 Å². The van der Waals surface area contributed by atoms with Gasteiger partial charge >= 0.3 is 0 Å². The molecule has 2 aromatic carbocycles. The monoisotopic (exact) mass is 407 g/mol. The second kappa shape index (κ2) is 6.70. The second-order valence-electron chi connectivity index (χ2n) is 8.32. The molecule has 3 heterocycles. The molecule has 0 saturated heterocycles. The quantitative estimate of drug-likeness (QED) is 0.473. The molecule has 152 valence electrons. The van der Waals surface area contributed by atoms with E-state index >= 15 is 0 Å². The predicted octanol–water partition coefficient (Wildman–Crippen LogP) is 3.92. The SMILES string of the molecule is N[C@]1(c2ccc(-c3nc4c(cnc5ccnn54)cc3-c3ccccc3)cc2)C[C@@H](O)C1. The summed E-state index contributed by atoms with van der Waals surface area (Å²) in [6.45, 7) is 0. The van der Waals surface area contributed by atoms with Gasteiger partial charge in [0, 0.05) is 34.3 Å². The number of benzene rings is 2. The number of rotatable bonds is 3. The Bertz CT molecular complexity index is 1400. The average molecular weight is 407 g/mol. The maximum atomic E-state index is 9.71. The van der Waals surface area contributed by atoms with Crippen molar-refractivity contribution in [1.82, 2.24) is 19.6 Å². The van der Waals surface area contributed by atoms with Crippen molar-refractivity contribution in [3.05, 3.63) is 84.7 Å². The molecule has 1 fully saturated rings. The summed E-state index contributed by atoms with van der Waals surface area (Å²) in [5.41, 5.74) is 12.6. The van der Waals surface area contributed by atoms with Crippen LogP contribution in [0.4, 0.5) is 0 Å². The molecule has 0 amide bonds. The van der Waals surface area contributed by atoms with Crippen molar-refractivity contribution >= 4 is 16.7 Å². The molecule has 0 spiro atoms. The summed E-state index contributed by atoms with van der Waals surface area (Å²) in [5, 5.41) is 15.0. The summed E-state index contributed by atoms with van der Waals surface area (Å²) in [6.07, 6.45) is 4.47. The van der Waals surface area contributed by atoms with Gasteiger partial charge in [0.05, 0.1) is 18.0 Å². The highest BCUT2D eigenvalue weighted by molar-refractivity contribution is 5.90. The fourth-order valence-electron chi connectivity index (χ4n) is 4.51. The third-order valence-corrected chi connectivity index (χ3v) is 6.21. The summed E-state index contributed by atoms with van der Waals surface area (Å²) < 4.78 is 1.77. The fourth-order valence-corrected chi connectivity index (χ4v) is 4.51. The lowest BCUT2D eigenvalue weighted by molar-refractivity contribution is 0.0209. The van der Waals surface area contributed by atoms with E-state index in [0.717, 1.165) is 44.6 Å². The number of pyridine rings is 1. The molecule has 1 saturated carbocycles. The van der Waals surface area contributed by atoms with Crippen LogP contribution in [0.3, 0.4) is 0 Å². The predicted molar refractivity (Wildman–Crippen MR) is 120 cm³/mol. The molecule has 0 radical (unpaired) electrons. The minimum absolute atomic E-state index is 0.304. The van der Waals surface area contributed by atoms with E-state index in [0.29, 0.717) is 12.8 Å². The zero-order chi connectivity index (χ0) is 21.0. The Morgan fingerprint density at radius 2 is 1.74 bits per heavy atom. The van der Waals surface area contributed by atoms with E-state index in [2.05, 4.69) is 52.5 Å². The first kappa shape index (κ1) is 18.2. The molecular formula is C25H21N5O. The molecule has 6 rings (SSSR count). The number of aliphatic hydroxyl groups excluding tert-OH is 1. The van der Waals surface area contributed by atoms with Crippen LogP contribution in [0.5, 0.6) is 0 Å². The van der Waals surface area contributed by atoms with Gasteiger partial charge in [0.15, 0.2) is 11.3 Å². The number of hydrogen-bond donors (Lipinski definition) is 2. The first-order valence-electron chi connectivity index (χ1n) is 10.4. The first-order valence-corrected chi connectivity index (χ1v) is 10.4. The standard InChI is InChI=1S/C25H21N5O/c26-25(13-20(31)14-25)19-8-6-17(7-9-19)23-21(16-4-2-1-3-5-16)12-18-15-27-22-10-11-28-30(22)24(18)29-23/h1-12,15,20,31H,13-14,26H2/t20-,25-. The van der Waals surface area contributed by atoms with Crippen molar-refractivity contribution in [3.8, 4) is 22.4 Å². The molecule has 31 heavy (non-hydrogen) atoms. The van der Waals surface area contributed by atoms with Crippen LogP contribution >= 0.6 is 0 Å². The van der Waals surface area contributed by atoms with Gasteiger partial charge in [-0.25, -0.2) is 9.97 Å². The number of hydrogen-bond acceptors (Lipinski definition) is 5. The summed E-state index contributed by atoms with van der Waals surface area (Å²) in [6, 6.07) is 22.5. The van der Waals surface area contributed by atoms with Crippen LogP contribution in [0.1, 0.15) is 18.4 Å². The highest BCUT2D eigenvalue weighted by Gasteiger charge is 2.41. The minimum atomic E-state index is -0.441. The van der Waals surface area contributed by atoms with Gasteiger partial charge in [-0.15, -0.1) is 0 Å².